The Morgan fingerprint density at radius 1 is 1.12 bits per heavy atom. The van der Waals surface area contributed by atoms with Gasteiger partial charge in [-0.05, 0) is 42.4 Å². The molecular formula is C25H31N3O4. The van der Waals surface area contributed by atoms with Crippen LogP contribution in [-0.4, -0.2) is 46.1 Å². The number of nitrogens with one attached hydrogen (secondary N) is 1. The van der Waals surface area contributed by atoms with Crippen molar-refractivity contribution in [1.29, 1.82) is 0 Å². The van der Waals surface area contributed by atoms with Crippen molar-refractivity contribution in [2.45, 2.75) is 51.6 Å². The molecule has 0 spiro atoms. The first-order valence-electron chi connectivity index (χ1n) is 11.6. The average Bonchev–Trinajstić information content (AvgIpc) is 3.36. The van der Waals surface area contributed by atoms with E-state index < -0.39 is 5.91 Å². The summed E-state index contributed by atoms with van der Waals surface area (Å²) < 4.78 is 1.60. The molecule has 32 heavy (non-hydrogen) atoms. The highest BCUT2D eigenvalue weighted by Gasteiger charge is 2.32. The number of fused-ring (bicyclic) bond motifs is 1. The standard InChI is InChI=1S/C25H31N3O4/c29-15-12-26-23(30)22-21-11-14-27(24(31)19-8-4-5-9-19)16-20(21)17-28(25(22)32)13-10-18-6-2-1-3-7-18/h1-3,6-7,17,19,29H,4-5,8-16H2,(H,26,30). The number of hydrogen-bond acceptors (Lipinski definition) is 4. The molecule has 1 aliphatic heterocycles. The van der Waals surface area contributed by atoms with Crippen LogP contribution in [-0.2, 0) is 30.7 Å². The van der Waals surface area contributed by atoms with E-state index >= 15 is 0 Å². The van der Waals surface area contributed by atoms with E-state index in [0.29, 0.717) is 32.5 Å². The van der Waals surface area contributed by atoms with E-state index in [2.05, 4.69) is 5.32 Å². The molecule has 7 nitrogen and oxygen atoms in total. The van der Waals surface area contributed by atoms with Crippen LogP contribution in [0, 0.1) is 5.92 Å². The lowest BCUT2D eigenvalue weighted by molar-refractivity contribution is -0.136. The van der Waals surface area contributed by atoms with Crippen molar-refractivity contribution in [1.82, 2.24) is 14.8 Å². The van der Waals surface area contributed by atoms with E-state index in [0.717, 1.165) is 42.4 Å². The van der Waals surface area contributed by atoms with E-state index in [1.165, 1.54) is 0 Å². The monoisotopic (exact) mass is 437 g/mol. The Bertz CT molecular complexity index is 1030. The largest absolute Gasteiger partial charge is 0.395 e. The van der Waals surface area contributed by atoms with Gasteiger partial charge in [0.1, 0.15) is 5.56 Å². The minimum atomic E-state index is -0.454. The summed E-state index contributed by atoms with van der Waals surface area (Å²) in [6, 6.07) is 9.91. The molecule has 0 unspecified atom stereocenters. The number of hydrogen-bond donors (Lipinski definition) is 2. The molecule has 1 fully saturated rings. The van der Waals surface area contributed by atoms with E-state index in [-0.39, 0.29) is 36.1 Å². The predicted octanol–water partition coefficient (Wildman–Crippen LogP) is 1.89. The number of aliphatic hydroxyl groups is 1. The molecule has 2 aromatic rings. The van der Waals surface area contributed by atoms with Gasteiger partial charge in [0.15, 0.2) is 0 Å². The van der Waals surface area contributed by atoms with E-state index in [9.17, 15) is 14.4 Å². The number of pyridine rings is 1. The highest BCUT2D eigenvalue weighted by Crippen LogP contribution is 2.29. The minimum Gasteiger partial charge on any atom is -0.395 e. The third kappa shape index (κ3) is 4.78. The average molecular weight is 438 g/mol. The van der Waals surface area contributed by atoms with Crippen molar-refractivity contribution < 1.29 is 14.7 Å². The summed E-state index contributed by atoms with van der Waals surface area (Å²) in [5, 5.41) is 11.7. The van der Waals surface area contributed by atoms with Gasteiger partial charge in [-0.3, -0.25) is 14.4 Å². The van der Waals surface area contributed by atoms with E-state index in [4.69, 9.17) is 5.11 Å². The second-order valence-electron chi connectivity index (χ2n) is 8.71. The fourth-order valence-corrected chi connectivity index (χ4v) is 4.88. The maximum atomic E-state index is 13.3. The fourth-order valence-electron chi connectivity index (χ4n) is 4.88. The van der Waals surface area contributed by atoms with Crippen LogP contribution in [0.2, 0.25) is 0 Å². The summed E-state index contributed by atoms with van der Waals surface area (Å²) in [6.45, 7) is 1.31. The maximum absolute atomic E-state index is 13.3. The number of nitrogens with zero attached hydrogens (tertiary/aromatic N) is 2. The minimum absolute atomic E-state index is 0.0955. The van der Waals surface area contributed by atoms with Gasteiger partial charge in [0.05, 0.1) is 6.61 Å². The first-order valence-corrected chi connectivity index (χ1v) is 11.6. The summed E-state index contributed by atoms with van der Waals surface area (Å²) in [6.07, 6.45) is 7.11. The molecule has 1 aromatic carbocycles. The summed E-state index contributed by atoms with van der Waals surface area (Å²) in [7, 11) is 0. The molecule has 0 atom stereocenters. The van der Waals surface area contributed by atoms with Crippen LogP contribution < -0.4 is 10.9 Å². The van der Waals surface area contributed by atoms with Gasteiger partial charge in [-0.15, -0.1) is 0 Å². The SMILES string of the molecule is O=C(NCCO)c1c2c(cn(CCc3ccccc3)c1=O)CN(C(=O)C1CCCC1)CC2. The number of amides is 2. The molecule has 170 valence electrons. The summed E-state index contributed by atoms with van der Waals surface area (Å²) in [5.74, 6) is -0.153. The number of aryl methyl sites for hydroxylation is 2. The lowest BCUT2D eigenvalue weighted by Gasteiger charge is -2.32. The molecule has 4 rings (SSSR count). The molecule has 1 saturated carbocycles. The Balaban J connectivity index is 1.64. The van der Waals surface area contributed by atoms with Gasteiger partial charge in [0.25, 0.3) is 11.5 Å². The lowest BCUT2D eigenvalue weighted by atomic mass is 9.94. The van der Waals surface area contributed by atoms with Crippen LogP contribution in [0.5, 0.6) is 0 Å². The van der Waals surface area contributed by atoms with Gasteiger partial charge in [0.2, 0.25) is 5.91 Å². The highest BCUT2D eigenvalue weighted by molar-refractivity contribution is 5.95. The first kappa shape index (κ1) is 22.3. The molecule has 2 heterocycles. The third-order valence-corrected chi connectivity index (χ3v) is 6.59. The van der Waals surface area contributed by atoms with Gasteiger partial charge in [-0.2, -0.15) is 0 Å². The predicted molar refractivity (Wildman–Crippen MR) is 121 cm³/mol. The Morgan fingerprint density at radius 2 is 1.88 bits per heavy atom. The zero-order valence-electron chi connectivity index (χ0n) is 18.4. The van der Waals surface area contributed by atoms with Crippen LogP contribution >= 0.6 is 0 Å². The Hall–Kier alpha value is -2.93. The molecule has 2 aliphatic rings. The van der Waals surface area contributed by atoms with Crippen molar-refractivity contribution in [2.75, 3.05) is 19.7 Å². The molecule has 2 N–H and O–H groups in total. The molecule has 0 radical (unpaired) electrons. The van der Waals surface area contributed by atoms with Crippen LogP contribution in [0.4, 0.5) is 0 Å². The van der Waals surface area contributed by atoms with Gasteiger partial charge < -0.3 is 19.9 Å². The van der Waals surface area contributed by atoms with E-state index in [1.54, 1.807) is 4.57 Å². The molecule has 7 heteroatoms. The van der Waals surface area contributed by atoms with Gasteiger partial charge in [0, 0.05) is 38.3 Å². The highest BCUT2D eigenvalue weighted by atomic mass is 16.3. The second kappa shape index (κ2) is 10.1. The number of carbonyl (C=O) groups is 2. The van der Waals surface area contributed by atoms with Gasteiger partial charge >= 0.3 is 0 Å². The summed E-state index contributed by atoms with van der Waals surface area (Å²) in [4.78, 5) is 41.0. The third-order valence-electron chi connectivity index (χ3n) is 6.59. The Morgan fingerprint density at radius 3 is 2.59 bits per heavy atom. The quantitative estimate of drug-likeness (QED) is 0.692. The smallest absolute Gasteiger partial charge is 0.263 e. The Labute approximate surface area is 188 Å². The molecular weight excluding hydrogens is 406 g/mol. The fraction of sp³-hybridized carbons (Fsp3) is 0.480. The van der Waals surface area contributed by atoms with Crippen LogP contribution in [0.15, 0.2) is 41.3 Å². The van der Waals surface area contributed by atoms with Crippen molar-refractivity contribution >= 4 is 11.8 Å². The van der Waals surface area contributed by atoms with Crippen molar-refractivity contribution in [3.8, 4) is 0 Å². The second-order valence-corrected chi connectivity index (χ2v) is 8.71. The van der Waals surface area contributed by atoms with Crippen LogP contribution in [0.1, 0.15) is 52.7 Å². The lowest BCUT2D eigenvalue weighted by Crippen LogP contribution is -2.43. The topological polar surface area (TPSA) is 91.6 Å². The van der Waals surface area contributed by atoms with Gasteiger partial charge in [-0.25, -0.2) is 0 Å². The van der Waals surface area contributed by atoms with Crippen LogP contribution in [0.25, 0.3) is 0 Å². The number of rotatable bonds is 7. The van der Waals surface area contributed by atoms with Gasteiger partial charge in [-0.1, -0.05) is 43.2 Å². The number of aliphatic hydroxyl groups excluding tert-OH is 1. The summed E-state index contributed by atoms with van der Waals surface area (Å²) >= 11 is 0. The number of carbonyl (C=O) groups excluding carboxylic acids is 2. The normalized spacial score (nSPS) is 16.1. The maximum Gasteiger partial charge on any atom is 0.263 e. The zero-order chi connectivity index (χ0) is 22.5. The Kier molecular flexibility index (Phi) is 7.05. The molecule has 0 saturated heterocycles. The summed E-state index contributed by atoms with van der Waals surface area (Å²) in [5.41, 5.74) is 2.55. The molecule has 0 bridgehead atoms. The first-order chi connectivity index (χ1) is 15.6. The zero-order valence-corrected chi connectivity index (χ0v) is 18.4. The number of benzene rings is 1. The molecule has 1 aromatic heterocycles. The van der Waals surface area contributed by atoms with Crippen molar-refractivity contribution in [3.05, 3.63) is 69.1 Å². The van der Waals surface area contributed by atoms with E-state index in [1.807, 2.05) is 41.4 Å². The van der Waals surface area contributed by atoms with Crippen molar-refractivity contribution in [3.63, 3.8) is 0 Å². The molecule has 1 aliphatic carbocycles. The molecule has 2 amide bonds. The van der Waals surface area contributed by atoms with Crippen LogP contribution in [0.3, 0.4) is 0 Å². The number of aromatic nitrogens is 1. The van der Waals surface area contributed by atoms with Crippen molar-refractivity contribution in [2.24, 2.45) is 5.92 Å².